The highest BCUT2D eigenvalue weighted by Gasteiger charge is 2.24. The lowest BCUT2D eigenvalue weighted by molar-refractivity contribution is 1.06. The largest absolute Gasteiger partial charge is 0.290 e. The molecule has 0 radical (unpaired) electrons. The van der Waals surface area contributed by atoms with Gasteiger partial charge in [-0.15, -0.1) is 0 Å². The summed E-state index contributed by atoms with van der Waals surface area (Å²) in [7, 11) is 0. The molecular formula is C52H37N3. The first-order valence-electron chi connectivity index (χ1n) is 18.8. The van der Waals surface area contributed by atoms with E-state index in [1.165, 1.54) is 60.1 Å². The van der Waals surface area contributed by atoms with E-state index in [0.717, 1.165) is 45.3 Å². The topological polar surface area (TPSA) is 30.7 Å². The maximum atomic E-state index is 5.38. The molecule has 0 atom stereocenters. The number of hydrogen-bond acceptors (Lipinski definition) is 2. The van der Waals surface area contributed by atoms with Gasteiger partial charge in [-0.3, -0.25) is 9.55 Å². The van der Waals surface area contributed by atoms with E-state index in [4.69, 9.17) is 9.97 Å². The second kappa shape index (κ2) is 13.4. The number of aryl methyl sites for hydroxylation is 2. The minimum absolute atomic E-state index is 0.801. The Morgan fingerprint density at radius 2 is 0.927 bits per heavy atom. The highest BCUT2D eigenvalue weighted by atomic mass is 15.1. The standard InChI is InChI=1S/C52H37N3/c1-34-18-22-38(23-19-34)50-51(39-24-20-35(2)21-25-39)55(52(54-50)47-17-9-10-32-53-47)42-30-28-37(29-31-42)48-43-13-5-7-15-45(43)49(46-16-8-6-14-44(46)48)41-27-26-36-11-3-4-12-40(36)33-41/h3-33H,1-2H3. The third-order valence-corrected chi connectivity index (χ3v) is 10.8. The number of fused-ring (bicyclic) bond motifs is 3. The van der Waals surface area contributed by atoms with Crippen LogP contribution in [0.15, 0.2) is 188 Å². The van der Waals surface area contributed by atoms with Crippen LogP contribution in [0.25, 0.3) is 94.3 Å². The lowest BCUT2D eigenvalue weighted by Gasteiger charge is -2.19. The Bertz CT molecular complexity index is 2950. The van der Waals surface area contributed by atoms with Crippen molar-refractivity contribution in [3.8, 4) is 62.0 Å². The zero-order chi connectivity index (χ0) is 36.9. The molecule has 8 aromatic carbocycles. The van der Waals surface area contributed by atoms with Crippen molar-refractivity contribution in [2.45, 2.75) is 13.8 Å². The Morgan fingerprint density at radius 3 is 1.53 bits per heavy atom. The highest BCUT2D eigenvalue weighted by Crippen LogP contribution is 2.45. The fraction of sp³-hybridized carbons (Fsp3) is 0.0385. The summed E-state index contributed by atoms with van der Waals surface area (Å²) in [6.07, 6.45) is 1.84. The molecule has 0 aliphatic rings. The van der Waals surface area contributed by atoms with E-state index in [0.29, 0.717) is 0 Å². The van der Waals surface area contributed by atoms with E-state index in [9.17, 15) is 0 Å². The molecule has 55 heavy (non-hydrogen) atoms. The summed E-state index contributed by atoms with van der Waals surface area (Å²) in [4.78, 5) is 10.2. The quantitative estimate of drug-likeness (QED) is 0.161. The zero-order valence-corrected chi connectivity index (χ0v) is 30.7. The van der Waals surface area contributed by atoms with Gasteiger partial charge in [0.2, 0.25) is 0 Å². The lowest BCUT2D eigenvalue weighted by Crippen LogP contribution is -2.01. The summed E-state index contributed by atoms with van der Waals surface area (Å²) < 4.78 is 2.28. The Kier molecular flexibility index (Phi) is 7.92. The first kappa shape index (κ1) is 32.5. The molecule has 10 rings (SSSR count). The van der Waals surface area contributed by atoms with Crippen LogP contribution in [0.1, 0.15) is 11.1 Å². The van der Waals surface area contributed by atoms with Crippen LogP contribution in [0.2, 0.25) is 0 Å². The second-order valence-corrected chi connectivity index (χ2v) is 14.4. The zero-order valence-electron chi connectivity index (χ0n) is 30.7. The van der Waals surface area contributed by atoms with Crippen molar-refractivity contribution < 1.29 is 0 Å². The average molecular weight is 704 g/mol. The van der Waals surface area contributed by atoms with Crippen molar-refractivity contribution in [3.05, 3.63) is 199 Å². The van der Waals surface area contributed by atoms with Gasteiger partial charge in [0.15, 0.2) is 5.82 Å². The number of aromatic nitrogens is 3. The predicted molar refractivity (Wildman–Crippen MR) is 231 cm³/mol. The normalized spacial score (nSPS) is 11.5. The van der Waals surface area contributed by atoms with Crippen molar-refractivity contribution in [2.75, 3.05) is 0 Å². The van der Waals surface area contributed by atoms with Crippen molar-refractivity contribution in [2.24, 2.45) is 0 Å². The Hall–Kier alpha value is -7.10. The van der Waals surface area contributed by atoms with E-state index in [2.05, 4.69) is 182 Å². The average Bonchev–Trinajstić information content (AvgIpc) is 3.64. The summed E-state index contributed by atoms with van der Waals surface area (Å²) in [6, 6.07) is 65.6. The minimum atomic E-state index is 0.801. The molecule has 0 saturated heterocycles. The van der Waals surface area contributed by atoms with Gasteiger partial charge in [-0.2, -0.15) is 0 Å². The summed E-state index contributed by atoms with van der Waals surface area (Å²) in [6.45, 7) is 4.25. The molecule has 3 nitrogen and oxygen atoms in total. The number of hydrogen-bond donors (Lipinski definition) is 0. The molecule has 0 spiro atoms. The van der Waals surface area contributed by atoms with Gasteiger partial charge in [-0.1, -0.05) is 163 Å². The first-order valence-corrected chi connectivity index (χ1v) is 18.8. The number of pyridine rings is 1. The van der Waals surface area contributed by atoms with Crippen molar-refractivity contribution in [1.82, 2.24) is 14.5 Å². The monoisotopic (exact) mass is 703 g/mol. The molecule has 0 N–H and O–H groups in total. The van der Waals surface area contributed by atoms with Gasteiger partial charge in [0.25, 0.3) is 0 Å². The number of imidazole rings is 1. The Morgan fingerprint density at radius 1 is 0.418 bits per heavy atom. The van der Waals surface area contributed by atoms with E-state index < -0.39 is 0 Å². The number of benzene rings is 8. The van der Waals surface area contributed by atoms with Gasteiger partial charge in [-0.25, -0.2) is 4.98 Å². The summed E-state index contributed by atoms with van der Waals surface area (Å²) in [5.74, 6) is 0.801. The van der Waals surface area contributed by atoms with E-state index in [1.54, 1.807) is 0 Å². The molecular weight excluding hydrogens is 667 g/mol. The van der Waals surface area contributed by atoms with E-state index in [1.807, 2.05) is 24.4 Å². The molecule has 0 saturated carbocycles. The van der Waals surface area contributed by atoms with Crippen LogP contribution >= 0.6 is 0 Å². The molecule has 2 heterocycles. The van der Waals surface area contributed by atoms with E-state index in [-0.39, 0.29) is 0 Å². The van der Waals surface area contributed by atoms with Crippen molar-refractivity contribution >= 4 is 32.3 Å². The van der Waals surface area contributed by atoms with Crippen LogP contribution in [0.4, 0.5) is 0 Å². The fourth-order valence-corrected chi connectivity index (χ4v) is 8.10. The van der Waals surface area contributed by atoms with Gasteiger partial charge in [0, 0.05) is 23.0 Å². The van der Waals surface area contributed by atoms with Gasteiger partial charge in [-0.05, 0) is 98.8 Å². The van der Waals surface area contributed by atoms with Crippen LogP contribution in [0.5, 0.6) is 0 Å². The fourth-order valence-electron chi connectivity index (χ4n) is 8.10. The third-order valence-electron chi connectivity index (χ3n) is 10.8. The molecule has 0 aliphatic carbocycles. The molecule has 260 valence electrons. The maximum absolute atomic E-state index is 5.38. The van der Waals surface area contributed by atoms with Crippen LogP contribution in [-0.4, -0.2) is 14.5 Å². The van der Waals surface area contributed by atoms with Gasteiger partial charge < -0.3 is 0 Å². The molecule has 0 aliphatic heterocycles. The summed E-state index contributed by atoms with van der Waals surface area (Å²) >= 11 is 0. The minimum Gasteiger partial charge on any atom is -0.290 e. The molecule has 3 heteroatoms. The molecule has 0 fully saturated rings. The Labute approximate surface area is 320 Å². The summed E-state index contributed by atoms with van der Waals surface area (Å²) in [5, 5.41) is 7.44. The smallest absolute Gasteiger partial charge is 0.164 e. The molecule has 0 unspecified atom stereocenters. The van der Waals surface area contributed by atoms with Gasteiger partial charge >= 0.3 is 0 Å². The second-order valence-electron chi connectivity index (χ2n) is 14.4. The predicted octanol–water partition coefficient (Wildman–Crippen LogP) is 13.7. The first-order chi connectivity index (χ1) is 27.1. The molecule has 0 bridgehead atoms. The van der Waals surface area contributed by atoms with Gasteiger partial charge in [0.05, 0.1) is 11.4 Å². The molecule has 2 aromatic heterocycles. The highest BCUT2D eigenvalue weighted by molar-refractivity contribution is 6.21. The van der Waals surface area contributed by atoms with Crippen LogP contribution < -0.4 is 0 Å². The SMILES string of the molecule is Cc1ccc(-c2nc(-c3ccccn3)n(-c3ccc(-c4c5ccccc5c(-c5ccc6ccccc6c5)c5ccccc45)cc3)c2-c2ccc(C)cc2)cc1. The molecule has 0 amide bonds. The number of nitrogens with zero attached hydrogens (tertiary/aromatic N) is 3. The van der Waals surface area contributed by atoms with Crippen molar-refractivity contribution in [3.63, 3.8) is 0 Å². The lowest BCUT2D eigenvalue weighted by atomic mass is 9.85. The van der Waals surface area contributed by atoms with Crippen molar-refractivity contribution in [1.29, 1.82) is 0 Å². The van der Waals surface area contributed by atoms with E-state index >= 15 is 0 Å². The number of rotatable bonds is 6. The molecule has 10 aromatic rings. The van der Waals surface area contributed by atoms with Gasteiger partial charge in [0.1, 0.15) is 5.69 Å². The summed E-state index contributed by atoms with van der Waals surface area (Å²) in [5.41, 5.74) is 13.3. The third kappa shape index (κ3) is 5.69. The maximum Gasteiger partial charge on any atom is 0.164 e. The van der Waals surface area contributed by atoms with Crippen LogP contribution in [0, 0.1) is 13.8 Å². The van der Waals surface area contributed by atoms with Crippen LogP contribution in [-0.2, 0) is 0 Å². The Balaban J connectivity index is 1.19. The van der Waals surface area contributed by atoms with Crippen LogP contribution in [0.3, 0.4) is 0 Å².